The first-order valence-corrected chi connectivity index (χ1v) is 6.22. The van der Waals surface area contributed by atoms with Crippen LogP contribution in [0.3, 0.4) is 0 Å². The lowest BCUT2D eigenvalue weighted by Crippen LogP contribution is -2.25. The molecule has 0 radical (unpaired) electrons. The van der Waals surface area contributed by atoms with Gasteiger partial charge in [0, 0.05) is 6.61 Å². The number of halogens is 3. The predicted molar refractivity (Wildman–Crippen MR) is 63.0 cm³/mol. The smallest absolute Gasteiger partial charge is 0.372 e. The van der Waals surface area contributed by atoms with Crippen LogP contribution < -0.4 is 5.32 Å². The molecule has 2 atom stereocenters. The molecule has 2 unspecified atom stereocenters. The van der Waals surface area contributed by atoms with Crippen molar-refractivity contribution >= 4 is 0 Å². The maximum atomic E-state index is 11.8. The molecular formula is C12H24F3NO. The summed E-state index contributed by atoms with van der Waals surface area (Å²) >= 11 is 0. The van der Waals surface area contributed by atoms with Crippen LogP contribution in [0.1, 0.15) is 33.6 Å². The molecule has 0 amide bonds. The molecule has 2 nitrogen and oxygen atoms in total. The molecule has 0 aliphatic carbocycles. The Kier molecular flexibility index (Phi) is 8.60. The van der Waals surface area contributed by atoms with E-state index in [4.69, 9.17) is 0 Å². The second-order valence-corrected chi connectivity index (χ2v) is 4.57. The average Bonchev–Trinajstić information content (AvgIpc) is 2.23. The molecule has 0 aromatic rings. The van der Waals surface area contributed by atoms with E-state index in [1.807, 2.05) is 0 Å². The molecule has 0 fully saturated rings. The van der Waals surface area contributed by atoms with Gasteiger partial charge in [-0.1, -0.05) is 20.8 Å². The summed E-state index contributed by atoms with van der Waals surface area (Å²) in [4.78, 5) is 0. The summed E-state index contributed by atoms with van der Waals surface area (Å²) in [6.45, 7) is 7.32. The van der Waals surface area contributed by atoms with Crippen molar-refractivity contribution in [2.45, 2.75) is 39.8 Å². The van der Waals surface area contributed by atoms with E-state index in [-0.39, 0.29) is 6.61 Å². The van der Waals surface area contributed by atoms with Crippen LogP contribution in [0.2, 0.25) is 0 Å². The van der Waals surface area contributed by atoms with Gasteiger partial charge in [0.05, 0.1) is 0 Å². The second-order valence-electron chi connectivity index (χ2n) is 4.57. The van der Waals surface area contributed by atoms with Gasteiger partial charge < -0.3 is 10.1 Å². The summed E-state index contributed by atoms with van der Waals surface area (Å²) < 4.78 is 39.9. The maximum Gasteiger partial charge on any atom is 0.411 e. The minimum absolute atomic E-state index is 0.192. The Morgan fingerprint density at radius 2 is 1.82 bits per heavy atom. The number of ether oxygens (including phenoxy) is 1. The van der Waals surface area contributed by atoms with Gasteiger partial charge in [0.25, 0.3) is 0 Å². The third-order valence-corrected chi connectivity index (χ3v) is 2.90. The highest BCUT2D eigenvalue weighted by molar-refractivity contribution is 4.64. The zero-order chi connectivity index (χ0) is 13.3. The molecular weight excluding hydrogens is 231 g/mol. The van der Waals surface area contributed by atoms with E-state index in [2.05, 4.69) is 30.8 Å². The first kappa shape index (κ1) is 16.7. The summed E-state index contributed by atoms with van der Waals surface area (Å²) in [7, 11) is 0. The number of alkyl halides is 3. The summed E-state index contributed by atoms with van der Waals surface area (Å²) in [6, 6.07) is 0. The zero-order valence-electron chi connectivity index (χ0n) is 10.9. The molecule has 17 heavy (non-hydrogen) atoms. The van der Waals surface area contributed by atoms with Crippen molar-refractivity contribution < 1.29 is 17.9 Å². The van der Waals surface area contributed by atoms with E-state index in [1.165, 1.54) is 0 Å². The first-order valence-electron chi connectivity index (χ1n) is 6.22. The van der Waals surface area contributed by atoms with Crippen LogP contribution in [0.4, 0.5) is 13.2 Å². The van der Waals surface area contributed by atoms with Gasteiger partial charge in [-0.2, -0.15) is 13.2 Å². The molecule has 0 bridgehead atoms. The minimum Gasteiger partial charge on any atom is -0.372 e. The molecule has 0 spiro atoms. The fourth-order valence-electron chi connectivity index (χ4n) is 1.55. The highest BCUT2D eigenvalue weighted by Crippen LogP contribution is 2.17. The molecule has 104 valence electrons. The van der Waals surface area contributed by atoms with E-state index in [0.717, 1.165) is 19.5 Å². The summed E-state index contributed by atoms with van der Waals surface area (Å²) in [5.41, 5.74) is 0. The molecule has 0 saturated carbocycles. The van der Waals surface area contributed by atoms with E-state index < -0.39 is 12.8 Å². The fourth-order valence-corrected chi connectivity index (χ4v) is 1.55. The summed E-state index contributed by atoms with van der Waals surface area (Å²) in [5.74, 6) is 1.04. The van der Waals surface area contributed by atoms with Gasteiger partial charge in [-0.3, -0.25) is 0 Å². The average molecular weight is 255 g/mol. The van der Waals surface area contributed by atoms with Crippen LogP contribution in [0.25, 0.3) is 0 Å². The van der Waals surface area contributed by atoms with Crippen molar-refractivity contribution in [2.75, 3.05) is 26.3 Å². The van der Waals surface area contributed by atoms with Crippen molar-refractivity contribution in [1.82, 2.24) is 5.32 Å². The van der Waals surface area contributed by atoms with Crippen LogP contribution in [0.15, 0.2) is 0 Å². The summed E-state index contributed by atoms with van der Waals surface area (Å²) in [5, 5.41) is 3.27. The fraction of sp³-hybridized carbons (Fsp3) is 1.00. The minimum atomic E-state index is -4.20. The van der Waals surface area contributed by atoms with Gasteiger partial charge in [-0.25, -0.2) is 0 Å². The Morgan fingerprint density at radius 3 is 2.35 bits per heavy atom. The zero-order valence-corrected chi connectivity index (χ0v) is 10.9. The Balaban J connectivity index is 3.47. The van der Waals surface area contributed by atoms with Gasteiger partial charge in [-0.15, -0.1) is 0 Å². The second kappa shape index (κ2) is 8.75. The Bertz CT molecular complexity index is 185. The largest absolute Gasteiger partial charge is 0.411 e. The number of nitrogens with one attached hydrogen (secondary N) is 1. The standard InChI is InChI=1S/C12H24F3NO/c1-4-16-8-11(3)10(2)6-5-7-17-9-12(13,14)15/h10-11,16H,4-9H2,1-3H3. The van der Waals surface area contributed by atoms with Crippen molar-refractivity contribution in [3.63, 3.8) is 0 Å². The normalized spacial score (nSPS) is 15.9. The summed E-state index contributed by atoms with van der Waals surface area (Å²) in [6.07, 6.45) is -2.61. The van der Waals surface area contributed by atoms with Crippen molar-refractivity contribution in [2.24, 2.45) is 11.8 Å². The number of hydrogen-bond donors (Lipinski definition) is 1. The van der Waals surface area contributed by atoms with E-state index in [9.17, 15) is 13.2 Å². The SMILES string of the molecule is CCNCC(C)C(C)CCCOCC(F)(F)F. The molecule has 1 N–H and O–H groups in total. The molecule has 0 aliphatic heterocycles. The Morgan fingerprint density at radius 1 is 1.18 bits per heavy atom. The predicted octanol–water partition coefficient (Wildman–Crippen LogP) is 3.23. The maximum absolute atomic E-state index is 11.8. The lowest BCUT2D eigenvalue weighted by Gasteiger charge is -2.20. The van der Waals surface area contributed by atoms with Gasteiger partial charge in [0.2, 0.25) is 0 Å². The third-order valence-electron chi connectivity index (χ3n) is 2.90. The monoisotopic (exact) mass is 255 g/mol. The highest BCUT2D eigenvalue weighted by Gasteiger charge is 2.27. The van der Waals surface area contributed by atoms with Crippen molar-refractivity contribution in [1.29, 1.82) is 0 Å². The van der Waals surface area contributed by atoms with Crippen LogP contribution in [0.5, 0.6) is 0 Å². The van der Waals surface area contributed by atoms with Crippen LogP contribution in [0, 0.1) is 11.8 Å². The molecule has 0 aromatic heterocycles. The van der Waals surface area contributed by atoms with Crippen molar-refractivity contribution in [3.05, 3.63) is 0 Å². The van der Waals surface area contributed by atoms with Crippen LogP contribution in [-0.2, 0) is 4.74 Å². The number of rotatable bonds is 9. The lowest BCUT2D eigenvalue weighted by molar-refractivity contribution is -0.174. The topological polar surface area (TPSA) is 21.3 Å². The third kappa shape index (κ3) is 10.6. The highest BCUT2D eigenvalue weighted by atomic mass is 19.4. The number of hydrogen-bond acceptors (Lipinski definition) is 2. The molecule has 5 heteroatoms. The lowest BCUT2D eigenvalue weighted by atomic mass is 9.91. The van der Waals surface area contributed by atoms with Gasteiger partial charge in [-0.05, 0) is 37.8 Å². The molecule has 0 rings (SSSR count). The van der Waals surface area contributed by atoms with Gasteiger partial charge in [0.1, 0.15) is 6.61 Å². The molecule has 0 aliphatic rings. The van der Waals surface area contributed by atoms with Gasteiger partial charge in [0.15, 0.2) is 0 Å². The first-order chi connectivity index (χ1) is 7.87. The van der Waals surface area contributed by atoms with Crippen LogP contribution >= 0.6 is 0 Å². The van der Waals surface area contributed by atoms with E-state index in [1.54, 1.807) is 0 Å². The van der Waals surface area contributed by atoms with Crippen molar-refractivity contribution in [3.8, 4) is 0 Å². The van der Waals surface area contributed by atoms with Gasteiger partial charge >= 0.3 is 6.18 Å². The van der Waals surface area contributed by atoms with Crippen LogP contribution in [-0.4, -0.2) is 32.5 Å². The Labute approximate surface area is 102 Å². The van der Waals surface area contributed by atoms with E-state index >= 15 is 0 Å². The van der Waals surface area contributed by atoms with E-state index in [0.29, 0.717) is 18.3 Å². The quantitative estimate of drug-likeness (QED) is 0.639. The Hall–Kier alpha value is -0.290. The molecule has 0 heterocycles. The molecule has 0 aromatic carbocycles. The molecule has 0 saturated heterocycles.